The highest BCUT2D eigenvalue weighted by atomic mass is 79.9. The lowest BCUT2D eigenvalue weighted by Crippen LogP contribution is -1.97. The van der Waals surface area contributed by atoms with Crippen molar-refractivity contribution in [3.8, 4) is 5.75 Å². The van der Waals surface area contributed by atoms with Gasteiger partial charge in [-0.1, -0.05) is 34.1 Å². The summed E-state index contributed by atoms with van der Waals surface area (Å²) in [5, 5.41) is 0.916. The minimum absolute atomic E-state index is 0.155. The summed E-state index contributed by atoms with van der Waals surface area (Å²) in [6.07, 6.45) is 4.16. The largest absolute Gasteiger partial charge is 0.494 e. The van der Waals surface area contributed by atoms with Gasteiger partial charge in [-0.25, -0.2) is 4.39 Å². The first-order valence-corrected chi connectivity index (χ1v) is 8.08. The summed E-state index contributed by atoms with van der Waals surface area (Å²) in [6, 6.07) is 13.0. The molecule has 0 aliphatic rings. The average Bonchev–Trinajstić information content (AvgIpc) is 2.55. The third-order valence-corrected chi connectivity index (χ3v) is 3.54. The molecule has 0 aliphatic carbocycles. The fraction of sp³-hybridized carbons (Fsp3) is 0.167. The summed E-state index contributed by atoms with van der Waals surface area (Å²) in [6.45, 7) is 0.670. The van der Waals surface area contributed by atoms with Gasteiger partial charge in [0, 0.05) is 10.9 Å². The maximum absolute atomic E-state index is 12.8. The molecule has 0 saturated carbocycles. The number of rotatable bonds is 7. The fourth-order valence-corrected chi connectivity index (χ4v) is 2.03. The second-order valence-electron chi connectivity index (χ2n) is 4.66. The molecular formula is C18H16BrFO2. The lowest BCUT2D eigenvalue weighted by molar-refractivity contribution is 0.104. The topological polar surface area (TPSA) is 26.3 Å². The van der Waals surface area contributed by atoms with E-state index in [2.05, 4.69) is 15.9 Å². The minimum atomic E-state index is -0.351. The number of carbonyl (C=O) groups is 1. The first kappa shape index (κ1) is 16.4. The van der Waals surface area contributed by atoms with Crippen LogP contribution < -0.4 is 4.74 Å². The summed E-state index contributed by atoms with van der Waals surface area (Å²) in [7, 11) is 0. The SMILES string of the molecule is O=C(/C=C/c1ccc(OCCCBr)cc1)c1ccc(F)cc1. The number of carbonyl (C=O) groups excluding carboxylic acids is 1. The summed E-state index contributed by atoms with van der Waals surface area (Å²) >= 11 is 3.35. The van der Waals surface area contributed by atoms with Crippen molar-refractivity contribution in [1.82, 2.24) is 0 Å². The third-order valence-electron chi connectivity index (χ3n) is 2.98. The summed E-state index contributed by atoms with van der Waals surface area (Å²) < 4.78 is 18.4. The van der Waals surface area contributed by atoms with Crippen LogP contribution in [-0.4, -0.2) is 17.7 Å². The second kappa shape index (κ2) is 8.49. The number of halogens is 2. The second-order valence-corrected chi connectivity index (χ2v) is 5.46. The number of ketones is 1. The lowest BCUT2D eigenvalue weighted by atomic mass is 10.1. The van der Waals surface area contributed by atoms with Gasteiger partial charge in [0.2, 0.25) is 0 Å². The van der Waals surface area contributed by atoms with Crippen LogP contribution in [0.1, 0.15) is 22.3 Å². The monoisotopic (exact) mass is 362 g/mol. The number of alkyl halides is 1. The number of hydrogen-bond acceptors (Lipinski definition) is 2. The highest BCUT2D eigenvalue weighted by molar-refractivity contribution is 9.09. The summed E-state index contributed by atoms with van der Waals surface area (Å²) in [5.41, 5.74) is 1.37. The zero-order valence-electron chi connectivity index (χ0n) is 12.0. The Hall–Kier alpha value is -1.94. The van der Waals surface area contributed by atoms with Crippen molar-refractivity contribution in [2.45, 2.75) is 6.42 Å². The molecule has 22 heavy (non-hydrogen) atoms. The Labute approximate surface area is 137 Å². The Bertz CT molecular complexity index is 633. The molecule has 0 bridgehead atoms. The molecule has 0 saturated heterocycles. The number of ether oxygens (including phenoxy) is 1. The van der Waals surface area contributed by atoms with Gasteiger partial charge in [-0.05, 0) is 54.5 Å². The van der Waals surface area contributed by atoms with Crippen LogP contribution >= 0.6 is 15.9 Å². The number of allylic oxidation sites excluding steroid dienone is 1. The van der Waals surface area contributed by atoms with Crippen LogP contribution in [-0.2, 0) is 0 Å². The van der Waals surface area contributed by atoms with Crippen LogP contribution in [0.15, 0.2) is 54.6 Å². The number of hydrogen-bond donors (Lipinski definition) is 0. The standard InChI is InChI=1S/C18H16BrFO2/c19-12-1-13-22-17-9-2-14(3-10-17)4-11-18(21)15-5-7-16(20)8-6-15/h2-11H,1,12-13H2/b11-4+. The first-order chi connectivity index (χ1) is 10.7. The van der Waals surface area contributed by atoms with Gasteiger partial charge in [0.15, 0.2) is 5.78 Å². The van der Waals surface area contributed by atoms with E-state index in [1.54, 1.807) is 6.08 Å². The summed E-state index contributed by atoms with van der Waals surface area (Å²) in [4.78, 5) is 11.9. The van der Waals surface area contributed by atoms with E-state index in [1.807, 2.05) is 24.3 Å². The van der Waals surface area contributed by atoms with Crippen molar-refractivity contribution in [3.63, 3.8) is 0 Å². The molecule has 0 spiro atoms. The van der Waals surface area contributed by atoms with Crippen molar-refractivity contribution in [2.24, 2.45) is 0 Å². The normalized spacial score (nSPS) is 10.8. The predicted octanol–water partition coefficient (Wildman–Crippen LogP) is 4.89. The van der Waals surface area contributed by atoms with Crippen LogP contribution in [0.4, 0.5) is 4.39 Å². The van der Waals surface area contributed by atoms with Crippen LogP contribution in [0.2, 0.25) is 0 Å². The van der Waals surface area contributed by atoms with E-state index >= 15 is 0 Å². The summed E-state index contributed by atoms with van der Waals surface area (Å²) in [5.74, 6) is 0.302. The van der Waals surface area contributed by atoms with Gasteiger partial charge in [-0.3, -0.25) is 4.79 Å². The van der Waals surface area contributed by atoms with Gasteiger partial charge >= 0.3 is 0 Å². The molecule has 114 valence electrons. The zero-order chi connectivity index (χ0) is 15.8. The molecule has 0 unspecified atom stereocenters. The van der Waals surface area contributed by atoms with Gasteiger partial charge in [0.1, 0.15) is 11.6 Å². The molecule has 4 heteroatoms. The van der Waals surface area contributed by atoms with Crippen molar-refractivity contribution < 1.29 is 13.9 Å². The zero-order valence-corrected chi connectivity index (χ0v) is 13.6. The van der Waals surface area contributed by atoms with Crippen molar-refractivity contribution in [2.75, 3.05) is 11.9 Å². The quantitative estimate of drug-likeness (QED) is 0.303. The van der Waals surface area contributed by atoms with E-state index in [1.165, 1.54) is 30.3 Å². The average molecular weight is 363 g/mol. The molecule has 0 aromatic heterocycles. The Morgan fingerprint density at radius 1 is 1.09 bits per heavy atom. The Morgan fingerprint density at radius 2 is 1.77 bits per heavy atom. The van der Waals surface area contributed by atoms with Gasteiger partial charge in [-0.2, -0.15) is 0 Å². The van der Waals surface area contributed by atoms with Gasteiger partial charge < -0.3 is 4.74 Å². The Balaban J connectivity index is 1.95. The highest BCUT2D eigenvalue weighted by Gasteiger charge is 2.01. The van der Waals surface area contributed by atoms with E-state index in [-0.39, 0.29) is 11.6 Å². The molecule has 0 heterocycles. The molecule has 0 fully saturated rings. The van der Waals surface area contributed by atoms with E-state index in [0.29, 0.717) is 12.2 Å². The fourth-order valence-electron chi connectivity index (χ4n) is 1.80. The predicted molar refractivity (Wildman–Crippen MR) is 90.1 cm³/mol. The van der Waals surface area contributed by atoms with Gasteiger partial charge in [-0.15, -0.1) is 0 Å². The van der Waals surface area contributed by atoms with Crippen molar-refractivity contribution in [1.29, 1.82) is 0 Å². The molecule has 2 nitrogen and oxygen atoms in total. The Morgan fingerprint density at radius 3 is 2.41 bits per heavy atom. The van der Waals surface area contributed by atoms with Crippen molar-refractivity contribution >= 4 is 27.8 Å². The minimum Gasteiger partial charge on any atom is -0.494 e. The van der Waals surface area contributed by atoms with E-state index in [9.17, 15) is 9.18 Å². The molecule has 2 rings (SSSR count). The molecular weight excluding hydrogens is 347 g/mol. The molecule has 2 aromatic carbocycles. The molecule has 0 radical (unpaired) electrons. The van der Waals surface area contributed by atoms with Gasteiger partial charge in [0.25, 0.3) is 0 Å². The van der Waals surface area contributed by atoms with Crippen LogP contribution in [0.5, 0.6) is 5.75 Å². The maximum atomic E-state index is 12.8. The van der Waals surface area contributed by atoms with E-state index < -0.39 is 0 Å². The Kier molecular flexibility index (Phi) is 6.34. The van der Waals surface area contributed by atoms with E-state index in [4.69, 9.17) is 4.74 Å². The first-order valence-electron chi connectivity index (χ1n) is 6.96. The molecule has 0 amide bonds. The molecule has 0 atom stereocenters. The number of benzene rings is 2. The lowest BCUT2D eigenvalue weighted by Gasteiger charge is -2.04. The van der Waals surface area contributed by atoms with Crippen LogP contribution in [0.3, 0.4) is 0 Å². The van der Waals surface area contributed by atoms with Gasteiger partial charge in [0.05, 0.1) is 6.61 Å². The molecule has 0 aliphatic heterocycles. The van der Waals surface area contributed by atoms with Crippen LogP contribution in [0.25, 0.3) is 6.08 Å². The molecule has 2 aromatic rings. The smallest absolute Gasteiger partial charge is 0.185 e. The van der Waals surface area contributed by atoms with Crippen LogP contribution in [0, 0.1) is 5.82 Å². The van der Waals surface area contributed by atoms with E-state index in [0.717, 1.165) is 23.1 Å². The third kappa shape index (κ3) is 5.11. The highest BCUT2D eigenvalue weighted by Crippen LogP contribution is 2.14. The maximum Gasteiger partial charge on any atom is 0.185 e. The van der Waals surface area contributed by atoms with Crippen molar-refractivity contribution in [3.05, 3.63) is 71.6 Å². The molecule has 0 N–H and O–H groups in total.